The molecule has 0 radical (unpaired) electrons. The highest BCUT2D eigenvalue weighted by molar-refractivity contribution is 5.92. The number of aromatic carboxylic acids is 1. The van der Waals surface area contributed by atoms with Gasteiger partial charge in [-0.3, -0.25) is 0 Å². The van der Waals surface area contributed by atoms with E-state index in [4.69, 9.17) is 16.6 Å². The number of carboxylic acid groups (broad SMARTS) is 1. The van der Waals surface area contributed by atoms with Crippen LogP contribution in [0.3, 0.4) is 0 Å². The van der Waals surface area contributed by atoms with Gasteiger partial charge in [0.1, 0.15) is 0 Å². The standard InChI is InChI=1S/C11H13NO2.C8H7N5O4/c1-14-11(13)8-2-4-9-7(6-8)3-5-10(9)12;1-17-6(16)4-2-3(5(14)15)10-8-11-7(9)12-13(4)8/h2,4,6,10H,3,5,12H2,1H3;2H,1H3,(H2,9,12)(H,14,15)/t10-;/m0./s1. The van der Waals surface area contributed by atoms with Crippen LogP contribution in [0.5, 0.6) is 0 Å². The Balaban J connectivity index is 0.000000179. The molecule has 0 unspecified atom stereocenters. The minimum Gasteiger partial charge on any atom is -0.477 e. The van der Waals surface area contributed by atoms with Gasteiger partial charge in [0.2, 0.25) is 5.95 Å². The summed E-state index contributed by atoms with van der Waals surface area (Å²) in [5.74, 6) is -2.54. The number of nitrogens with zero attached hydrogens (tertiary/aromatic N) is 4. The number of ether oxygens (including phenoxy) is 2. The van der Waals surface area contributed by atoms with Crippen molar-refractivity contribution in [2.45, 2.75) is 18.9 Å². The number of methoxy groups -OCH3 is 2. The number of carbonyl (C=O) groups is 3. The summed E-state index contributed by atoms with van der Waals surface area (Å²) in [6.07, 6.45) is 1.93. The van der Waals surface area contributed by atoms with Gasteiger partial charge in [-0.05, 0) is 36.1 Å². The number of carboxylic acids is 1. The molecule has 1 atom stereocenters. The van der Waals surface area contributed by atoms with Gasteiger partial charge in [-0.25, -0.2) is 19.4 Å². The quantitative estimate of drug-likeness (QED) is 0.496. The molecule has 12 nitrogen and oxygen atoms in total. The number of anilines is 1. The van der Waals surface area contributed by atoms with E-state index in [0.717, 1.165) is 36.1 Å². The van der Waals surface area contributed by atoms with Gasteiger partial charge in [0.05, 0.1) is 19.8 Å². The van der Waals surface area contributed by atoms with Crippen LogP contribution in [-0.2, 0) is 15.9 Å². The number of nitrogen functional groups attached to an aromatic ring is 1. The molecule has 4 rings (SSSR count). The van der Waals surface area contributed by atoms with E-state index in [2.05, 4.69) is 24.5 Å². The first kappa shape index (κ1) is 21.6. The molecule has 0 aliphatic heterocycles. The highest BCUT2D eigenvalue weighted by Crippen LogP contribution is 2.29. The first-order chi connectivity index (χ1) is 14.7. The number of rotatable bonds is 3. The lowest BCUT2D eigenvalue weighted by atomic mass is 10.1. The molecule has 5 N–H and O–H groups in total. The first-order valence-electron chi connectivity index (χ1n) is 9.06. The van der Waals surface area contributed by atoms with Crippen molar-refractivity contribution in [2.75, 3.05) is 20.0 Å². The fourth-order valence-corrected chi connectivity index (χ4v) is 3.14. The van der Waals surface area contributed by atoms with Crippen LogP contribution in [0.4, 0.5) is 5.95 Å². The summed E-state index contributed by atoms with van der Waals surface area (Å²) in [5.41, 5.74) is 13.7. The topological polar surface area (TPSA) is 185 Å². The van der Waals surface area contributed by atoms with Crippen molar-refractivity contribution < 1.29 is 29.0 Å². The molecule has 2 heterocycles. The van der Waals surface area contributed by atoms with Crippen molar-refractivity contribution in [3.8, 4) is 0 Å². The Morgan fingerprint density at radius 1 is 1.13 bits per heavy atom. The molecule has 0 fully saturated rings. The number of benzene rings is 1. The summed E-state index contributed by atoms with van der Waals surface area (Å²) in [6, 6.07) is 6.76. The average molecular weight is 428 g/mol. The smallest absolute Gasteiger partial charge is 0.356 e. The zero-order valence-corrected chi connectivity index (χ0v) is 16.7. The van der Waals surface area contributed by atoms with Gasteiger partial charge in [0.15, 0.2) is 11.4 Å². The Hall–Kier alpha value is -4.06. The van der Waals surface area contributed by atoms with Gasteiger partial charge in [0.25, 0.3) is 5.78 Å². The molecule has 0 amide bonds. The fourth-order valence-electron chi connectivity index (χ4n) is 3.14. The molecular formula is C19H20N6O6. The average Bonchev–Trinajstić information content (AvgIpc) is 3.33. The molecule has 1 aliphatic rings. The Kier molecular flexibility index (Phi) is 6.11. The van der Waals surface area contributed by atoms with E-state index in [1.807, 2.05) is 12.1 Å². The summed E-state index contributed by atoms with van der Waals surface area (Å²) in [7, 11) is 2.55. The highest BCUT2D eigenvalue weighted by Gasteiger charge is 2.20. The van der Waals surface area contributed by atoms with E-state index in [1.165, 1.54) is 12.7 Å². The second kappa shape index (κ2) is 8.75. The zero-order chi connectivity index (χ0) is 22.7. The minimum absolute atomic E-state index is 0.0807. The van der Waals surface area contributed by atoms with Gasteiger partial charge >= 0.3 is 17.9 Å². The van der Waals surface area contributed by atoms with Gasteiger partial charge < -0.3 is 26.0 Å². The highest BCUT2D eigenvalue weighted by atomic mass is 16.5. The summed E-state index contributed by atoms with van der Waals surface area (Å²) in [5, 5.41) is 12.5. The number of fused-ring (bicyclic) bond motifs is 2. The molecule has 162 valence electrons. The van der Waals surface area contributed by atoms with Gasteiger partial charge in [-0.2, -0.15) is 9.50 Å². The number of carbonyl (C=O) groups excluding carboxylic acids is 2. The van der Waals surface area contributed by atoms with E-state index in [9.17, 15) is 14.4 Å². The Labute approximate surface area is 175 Å². The van der Waals surface area contributed by atoms with E-state index in [0.29, 0.717) is 5.56 Å². The second-order valence-corrected chi connectivity index (χ2v) is 6.56. The predicted octanol–water partition coefficient (Wildman–Crippen LogP) is 0.611. The van der Waals surface area contributed by atoms with E-state index >= 15 is 0 Å². The van der Waals surface area contributed by atoms with Crippen LogP contribution in [0.1, 0.15) is 54.9 Å². The van der Waals surface area contributed by atoms with Crippen LogP contribution in [-0.4, -0.2) is 56.8 Å². The molecular weight excluding hydrogens is 408 g/mol. The minimum atomic E-state index is -1.29. The third-order valence-corrected chi connectivity index (χ3v) is 4.63. The summed E-state index contributed by atoms with van der Waals surface area (Å²) < 4.78 is 10.2. The number of aryl methyl sites for hydroxylation is 1. The van der Waals surface area contributed by atoms with Crippen molar-refractivity contribution in [1.29, 1.82) is 0 Å². The molecule has 31 heavy (non-hydrogen) atoms. The maximum atomic E-state index is 11.4. The third-order valence-electron chi connectivity index (χ3n) is 4.63. The molecule has 1 aliphatic carbocycles. The third kappa shape index (κ3) is 4.43. The Morgan fingerprint density at radius 2 is 1.84 bits per heavy atom. The lowest BCUT2D eigenvalue weighted by molar-refractivity contribution is 0.0585. The normalized spacial score (nSPS) is 14.4. The monoisotopic (exact) mass is 428 g/mol. The van der Waals surface area contributed by atoms with Gasteiger partial charge in [-0.1, -0.05) is 6.07 Å². The van der Waals surface area contributed by atoms with Gasteiger partial charge in [0, 0.05) is 12.1 Å². The van der Waals surface area contributed by atoms with Crippen LogP contribution in [0, 0.1) is 0 Å². The Bertz CT molecular complexity index is 1170. The number of nitrogens with two attached hydrogens (primary N) is 2. The number of esters is 2. The van der Waals surface area contributed by atoms with Crippen LogP contribution < -0.4 is 11.5 Å². The summed E-state index contributed by atoms with van der Waals surface area (Å²) in [6.45, 7) is 0. The maximum Gasteiger partial charge on any atom is 0.356 e. The summed E-state index contributed by atoms with van der Waals surface area (Å²) in [4.78, 5) is 40.8. The SMILES string of the molecule is COC(=O)c1cc(C(=O)O)nc2nc(N)nn12.COC(=O)c1ccc2c(c1)CC[C@@H]2N. The summed E-state index contributed by atoms with van der Waals surface area (Å²) >= 11 is 0. The molecule has 0 saturated carbocycles. The van der Waals surface area contributed by atoms with Crippen molar-refractivity contribution in [3.63, 3.8) is 0 Å². The number of aromatic nitrogens is 4. The lowest BCUT2D eigenvalue weighted by Gasteiger charge is -2.05. The van der Waals surface area contributed by atoms with Crippen LogP contribution in [0.2, 0.25) is 0 Å². The van der Waals surface area contributed by atoms with Crippen molar-refractivity contribution in [2.24, 2.45) is 5.73 Å². The predicted molar refractivity (Wildman–Crippen MR) is 107 cm³/mol. The molecule has 2 aromatic heterocycles. The van der Waals surface area contributed by atoms with E-state index in [-0.39, 0.29) is 35.1 Å². The molecule has 0 spiro atoms. The van der Waals surface area contributed by atoms with Crippen molar-refractivity contribution in [3.05, 3.63) is 52.3 Å². The van der Waals surface area contributed by atoms with E-state index < -0.39 is 11.9 Å². The molecule has 12 heteroatoms. The van der Waals surface area contributed by atoms with Crippen LogP contribution in [0.15, 0.2) is 24.3 Å². The molecule has 0 bridgehead atoms. The van der Waals surface area contributed by atoms with Crippen molar-refractivity contribution in [1.82, 2.24) is 19.6 Å². The lowest BCUT2D eigenvalue weighted by Crippen LogP contribution is -2.13. The van der Waals surface area contributed by atoms with Crippen LogP contribution >= 0.6 is 0 Å². The zero-order valence-electron chi connectivity index (χ0n) is 16.7. The molecule has 0 saturated heterocycles. The maximum absolute atomic E-state index is 11.4. The van der Waals surface area contributed by atoms with Crippen molar-refractivity contribution >= 4 is 29.6 Å². The van der Waals surface area contributed by atoms with Gasteiger partial charge in [-0.15, -0.1) is 5.10 Å². The van der Waals surface area contributed by atoms with Crippen LogP contribution in [0.25, 0.3) is 5.78 Å². The molecule has 1 aromatic carbocycles. The number of hydrogen-bond acceptors (Lipinski definition) is 10. The second-order valence-electron chi connectivity index (χ2n) is 6.56. The first-order valence-corrected chi connectivity index (χ1v) is 9.06. The fraction of sp³-hybridized carbons (Fsp3) is 0.263. The number of hydrogen-bond donors (Lipinski definition) is 3. The molecule has 3 aromatic rings. The van der Waals surface area contributed by atoms with E-state index in [1.54, 1.807) is 6.07 Å². The largest absolute Gasteiger partial charge is 0.477 e. The Morgan fingerprint density at radius 3 is 2.48 bits per heavy atom.